The van der Waals surface area contributed by atoms with Crippen molar-refractivity contribution in [2.24, 2.45) is 23.7 Å². The van der Waals surface area contributed by atoms with E-state index >= 15 is 0 Å². The van der Waals surface area contributed by atoms with Crippen LogP contribution in [0.15, 0.2) is 12.4 Å². The number of amides is 2. The Bertz CT molecular complexity index is 859. The third kappa shape index (κ3) is 3.52. The van der Waals surface area contributed by atoms with E-state index in [1.165, 1.54) is 17.3 Å². The van der Waals surface area contributed by atoms with E-state index in [1.54, 1.807) is 19.0 Å². The molecule has 0 radical (unpaired) electrons. The Labute approximate surface area is 181 Å². The highest BCUT2D eigenvalue weighted by Crippen LogP contribution is 2.60. The molecule has 0 aromatic carbocycles. The molecule has 0 spiro atoms. The van der Waals surface area contributed by atoms with E-state index in [9.17, 15) is 19.8 Å². The zero-order valence-corrected chi connectivity index (χ0v) is 18.1. The SMILES string of the molecule is CN(C)C(=O)c1cnc(NC2CCN(C(=O)O)[C@@H]2C2C3CC4C[C@H]2C[C@@](O)(C4)C3)nc1. The minimum atomic E-state index is -0.880. The quantitative estimate of drug-likeness (QED) is 0.669. The summed E-state index contributed by atoms with van der Waals surface area (Å²) in [5.41, 5.74) is -0.125. The van der Waals surface area contributed by atoms with Gasteiger partial charge in [0, 0.05) is 33.0 Å². The standard InChI is InChI=1S/C22H31N5O4/c1-26(2)19(28)15-10-23-20(24-11-15)25-16-3-4-27(21(29)30)18(16)17-13-5-12-6-14(17)9-22(31,7-12)8-13/h10-14,16-18,31H,3-9H2,1-2H3,(H,29,30)(H,23,24,25)/t12?,13-,14?,16?,17?,18-,22-/m0/s1. The summed E-state index contributed by atoms with van der Waals surface area (Å²) in [4.78, 5) is 35.9. The maximum atomic E-state index is 12.1. The van der Waals surface area contributed by atoms with Gasteiger partial charge in [-0.3, -0.25) is 4.79 Å². The Balaban J connectivity index is 1.37. The molecule has 1 aliphatic heterocycles. The summed E-state index contributed by atoms with van der Waals surface area (Å²) < 4.78 is 0. The summed E-state index contributed by atoms with van der Waals surface area (Å²) in [6.45, 7) is 0.485. The second-order valence-corrected chi connectivity index (χ2v) is 10.3. The van der Waals surface area contributed by atoms with Crippen molar-refractivity contribution >= 4 is 17.9 Å². The molecule has 168 valence electrons. The molecule has 1 saturated heterocycles. The van der Waals surface area contributed by atoms with Crippen LogP contribution in [-0.2, 0) is 0 Å². The lowest BCUT2D eigenvalue weighted by molar-refractivity contribution is -0.162. The first-order valence-electron chi connectivity index (χ1n) is 11.3. The molecule has 7 atom stereocenters. The van der Waals surface area contributed by atoms with Crippen LogP contribution in [0.25, 0.3) is 0 Å². The van der Waals surface area contributed by atoms with Crippen molar-refractivity contribution in [3.05, 3.63) is 18.0 Å². The number of hydrogen-bond acceptors (Lipinski definition) is 6. The van der Waals surface area contributed by atoms with Crippen molar-refractivity contribution in [3.8, 4) is 0 Å². The van der Waals surface area contributed by atoms with Gasteiger partial charge in [0.25, 0.3) is 5.91 Å². The van der Waals surface area contributed by atoms with Gasteiger partial charge < -0.3 is 25.3 Å². The number of rotatable bonds is 4. The van der Waals surface area contributed by atoms with Gasteiger partial charge in [0.1, 0.15) is 0 Å². The monoisotopic (exact) mass is 429 g/mol. The first-order chi connectivity index (χ1) is 14.7. The zero-order valence-electron chi connectivity index (χ0n) is 18.1. The van der Waals surface area contributed by atoms with Crippen molar-refractivity contribution in [2.45, 2.75) is 56.2 Å². The molecular formula is C22H31N5O4. The van der Waals surface area contributed by atoms with Gasteiger partial charge in [0.05, 0.1) is 23.2 Å². The molecule has 9 heteroatoms. The Morgan fingerprint density at radius 3 is 2.35 bits per heavy atom. The predicted octanol–water partition coefficient (Wildman–Crippen LogP) is 1.90. The number of anilines is 1. The lowest BCUT2D eigenvalue weighted by atomic mass is 9.48. The van der Waals surface area contributed by atoms with Crippen LogP contribution in [0.5, 0.6) is 0 Å². The van der Waals surface area contributed by atoms with E-state index in [0.717, 1.165) is 32.1 Å². The van der Waals surface area contributed by atoms with Gasteiger partial charge in [-0.05, 0) is 62.2 Å². The Morgan fingerprint density at radius 2 is 1.81 bits per heavy atom. The maximum absolute atomic E-state index is 12.1. The predicted molar refractivity (Wildman–Crippen MR) is 113 cm³/mol. The lowest BCUT2D eigenvalue weighted by Gasteiger charge is -2.60. The van der Waals surface area contributed by atoms with Gasteiger partial charge in [0.15, 0.2) is 0 Å². The molecule has 4 saturated carbocycles. The summed E-state index contributed by atoms with van der Waals surface area (Å²) in [7, 11) is 3.36. The largest absolute Gasteiger partial charge is 0.465 e. The summed E-state index contributed by atoms with van der Waals surface area (Å²) in [6, 6.07) is -0.230. The molecule has 3 N–H and O–H groups in total. The molecule has 2 heterocycles. The van der Waals surface area contributed by atoms with Crippen molar-refractivity contribution < 1.29 is 19.8 Å². The van der Waals surface area contributed by atoms with E-state index in [0.29, 0.717) is 42.2 Å². The smallest absolute Gasteiger partial charge is 0.407 e. The van der Waals surface area contributed by atoms with Crippen LogP contribution < -0.4 is 5.32 Å². The van der Waals surface area contributed by atoms with Crippen molar-refractivity contribution in [2.75, 3.05) is 26.0 Å². The van der Waals surface area contributed by atoms with E-state index in [2.05, 4.69) is 15.3 Å². The molecule has 2 amide bonds. The average Bonchev–Trinajstić information content (AvgIpc) is 3.10. The average molecular weight is 430 g/mol. The molecule has 1 aromatic heterocycles. The van der Waals surface area contributed by atoms with E-state index in [1.807, 2.05) is 0 Å². The van der Waals surface area contributed by atoms with E-state index < -0.39 is 11.7 Å². The number of aliphatic hydroxyl groups is 1. The summed E-state index contributed by atoms with van der Waals surface area (Å²) in [5, 5.41) is 24.2. The fourth-order valence-electron chi connectivity index (χ4n) is 7.19. The normalized spacial score (nSPS) is 38.4. The molecule has 4 unspecified atom stereocenters. The van der Waals surface area contributed by atoms with Crippen LogP contribution in [0.1, 0.15) is 48.9 Å². The fourth-order valence-corrected chi connectivity index (χ4v) is 7.19. The van der Waals surface area contributed by atoms with E-state index in [4.69, 9.17) is 0 Å². The maximum Gasteiger partial charge on any atom is 0.407 e. The number of aromatic nitrogens is 2. The van der Waals surface area contributed by atoms with Gasteiger partial charge in [-0.2, -0.15) is 0 Å². The minimum absolute atomic E-state index is 0.0799. The first kappa shape index (κ1) is 20.5. The van der Waals surface area contributed by atoms with Gasteiger partial charge in [-0.25, -0.2) is 14.8 Å². The van der Waals surface area contributed by atoms with Crippen LogP contribution >= 0.6 is 0 Å². The molecular weight excluding hydrogens is 398 g/mol. The van der Waals surface area contributed by atoms with Gasteiger partial charge in [0.2, 0.25) is 5.95 Å². The minimum Gasteiger partial charge on any atom is -0.465 e. The zero-order chi connectivity index (χ0) is 21.9. The fraction of sp³-hybridized carbons (Fsp3) is 0.727. The van der Waals surface area contributed by atoms with Crippen LogP contribution in [0.4, 0.5) is 10.7 Å². The first-order valence-corrected chi connectivity index (χ1v) is 11.3. The summed E-state index contributed by atoms with van der Waals surface area (Å²) >= 11 is 0. The highest BCUT2D eigenvalue weighted by molar-refractivity contribution is 5.93. The third-order valence-corrected chi connectivity index (χ3v) is 8.03. The molecule has 5 fully saturated rings. The molecule has 4 aliphatic carbocycles. The van der Waals surface area contributed by atoms with E-state index in [-0.39, 0.29) is 23.9 Å². The van der Waals surface area contributed by atoms with Crippen LogP contribution in [0, 0.1) is 23.7 Å². The highest BCUT2D eigenvalue weighted by Gasteiger charge is 2.59. The second-order valence-electron chi connectivity index (χ2n) is 10.3. The Morgan fingerprint density at radius 1 is 1.16 bits per heavy atom. The van der Waals surface area contributed by atoms with Crippen molar-refractivity contribution in [3.63, 3.8) is 0 Å². The van der Waals surface area contributed by atoms with Crippen molar-refractivity contribution in [1.82, 2.24) is 19.8 Å². The third-order valence-electron chi connectivity index (χ3n) is 8.03. The Kier molecular flexibility index (Phi) is 4.84. The topological polar surface area (TPSA) is 119 Å². The van der Waals surface area contributed by atoms with Crippen molar-refractivity contribution in [1.29, 1.82) is 0 Å². The number of carboxylic acid groups (broad SMARTS) is 1. The van der Waals surface area contributed by atoms with Crippen LogP contribution in [0.3, 0.4) is 0 Å². The highest BCUT2D eigenvalue weighted by atomic mass is 16.4. The molecule has 31 heavy (non-hydrogen) atoms. The summed E-state index contributed by atoms with van der Waals surface area (Å²) in [6.07, 6.45) is 7.52. The number of carbonyl (C=O) groups excluding carboxylic acids is 1. The Hall–Kier alpha value is -2.42. The lowest BCUT2D eigenvalue weighted by Crippen LogP contribution is -2.61. The number of carbonyl (C=O) groups is 2. The molecule has 1 aromatic rings. The number of nitrogens with one attached hydrogen (secondary N) is 1. The van der Waals surface area contributed by atoms with Crippen LogP contribution in [-0.4, -0.2) is 80.3 Å². The van der Waals surface area contributed by atoms with Gasteiger partial charge in [-0.1, -0.05) is 0 Å². The van der Waals surface area contributed by atoms with Gasteiger partial charge >= 0.3 is 6.09 Å². The second kappa shape index (κ2) is 7.32. The van der Waals surface area contributed by atoms with Gasteiger partial charge in [-0.15, -0.1) is 0 Å². The molecule has 9 nitrogen and oxygen atoms in total. The van der Waals surface area contributed by atoms with Crippen LogP contribution in [0.2, 0.25) is 0 Å². The molecule has 5 aliphatic rings. The number of nitrogens with zero attached hydrogens (tertiary/aromatic N) is 4. The molecule has 4 bridgehead atoms. The number of likely N-dealkylation sites (tertiary alicyclic amines) is 1. The summed E-state index contributed by atoms with van der Waals surface area (Å²) in [5.74, 6) is 1.82. The molecule has 6 rings (SSSR count). The number of hydrogen-bond donors (Lipinski definition) is 3.